The van der Waals surface area contributed by atoms with Gasteiger partial charge in [0.2, 0.25) is 0 Å². The van der Waals surface area contributed by atoms with Crippen molar-refractivity contribution in [2.24, 2.45) is 5.73 Å². The van der Waals surface area contributed by atoms with Crippen molar-refractivity contribution in [2.45, 2.75) is 38.6 Å². The van der Waals surface area contributed by atoms with Crippen LogP contribution in [0.2, 0.25) is 0 Å². The van der Waals surface area contributed by atoms with E-state index in [1.54, 1.807) is 0 Å². The molecule has 1 aliphatic heterocycles. The quantitative estimate of drug-likeness (QED) is 0.845. The summed E-state index contributed by atoms with van der Waals surface area (Å²) >= 11 is 0. The maximum Gasteiger partial charge on any atom is 0.0368 e. The molecule has 0 aliphatic carbocycles. The first-order valence-corrected chi connectivity index (χ1v) is 6.34. The molecule has 1 atom stereocenters. The van der Waals surface area contributed by atoms with Crippen molar-refractivity contribution in [1.82, 2.24) is 0 Å². The predicted molar refractivity (Wildman–Crippen MR) is 69.8 cm³/mol. The van der Waals surface area contributed by atoms with Crippen molar-refractivity contribution in [3.05, 3.63) is 29.8 Å². The summed E-state index contributed by atoms with van der Waals surface area (Å²) in [5.74, 6) is 0. The Balaban J connectivity index is 2.13. The summed E-state index contributed by atoms with van der Waals surface area (Å²) in [6.45, 7) is 4.12. The lowest BCUT2D eigenvalue weighted by atomic mass is 9.98. The van der Waals surface area contributed by atoms with Gasteiger partial charge in [-0.1, -0.05) is 17.7 Å². The van der Waals surface area contributed by atoms with Gasteiger partial charge < -0.3 is 10.6 Å². The van der Waals surface area contributed by atoms with Gasteiger partial charge >= 0.3 is 0 Å². The molecule has 0 radical (unpaired) electrons. The van der Waals surface area contributed by atoms with Crippen LogP contribution < -0.4 is 10.6 Å². The van der Waals surface area contributed by atoms with E-state index in [1.807, 2.05) is 0 Å². The van der Waals surface area contributed by atoms with Crippen LogP contribution in [0.25, 0.3) is 0 Å². The van der Waals surface area contributed by atoms with Crippen LogP contribution >= 0.6 is 0 Å². The normalized spacial score (nSPS) is 21.1. The number of benzene rings is 1. The van der Waals surface area contributed by atoms with E-state index in [9.17, 15) is 0 Å². The van der Waals surface area contributed by atoms with Crippen LogP contribution in [0.1, 0.15) is 31.2 Å². The summed E-state index contributed by atoms with van der Waals surface area (Å²) in [5, 5.41) is 0. The van der Waals surface area contributed by atoms with Crippen molar-refractivity contribution in [3.63, 3.8) is 0 Å². The molecule has 2 nitrogen and oxygen atoms in total. The molecular formula is C14H22N2. The van der Waals surface area contributed by atoms with Gasteiger partial charge in [-0.3, -0.25) is 0 Å². The van der Waals surface area contributed by atoms with Crippen molar-refractivity contribution in [3.8, 4) is 0 Å². The third-order valence-electron chi connectivity index (χ3n) is 3.49. The molecular weight excluding hydrogens is 196 g/mol. The number of nitrogens with two attached hydrogens (primary N) is 1. The Morgan fingerprint density at radius 1 is 1.25 bits per heavy atom. The second-order valence-electron chi connectivity index (χ2n) is 4.76. The largest absolute Gasteiger partial charge is 0.369 e. The van der Waals surface area contributed by atoms with E-state index in [0.29, 0.717) is 6.04 Å². The number of piperidine rings is 1. The molecule has 1 aliphatic rings. The van der Waals surface area contributed by atoms with Crippen LogP contribution in [0.3, 0.4) is 0 Å². The minimum atomic E-state index is 0.654. The van der Waals surface area contributed by atoms with Gasteiger partial charge in [0.1, 0.15) is 0 Å². The summed E-state index contributed by atoms with van der Waals surface area (Å²) in [6, 6.07) is 9.53. The number of anilines is 1. The van der Waals surface area contributed by atoms with Gasteiger partial charge in [0.05, 0.1) is 0 Å². The molecule has 0 spiro atoms. The number of aryl methyl sites for hydroxylation is 1. The summed E-state index contributed by atoms with van der Waals surface area (Å²) < 4.78 is 0. The van der Waals surface area contributed by atoms with Crippen molar-refractivity contribution in [1.29, 1.82) is 0 Å². The van der Waals surface area contributed by atoms with Gasteiger partial charge in [-0.15, -0.1) is 0 Å². The fourth-order valence-electron chi connectivity index (χ4n) is 2.57. The highest BCUT2D eigenvalue weighted by Crippen LogP contribution is 2.26. The lowest BCUT2D eigenvalue weighted by molar-refractivity contribution is 0.442. The first kappa shape index (κ1) is 11.5. The molecule has 2 rings (SSSR count). The first-order valence-electron chi connectivity index (χ1n) is 6.34. The topological polar surface area (TPSA) is 29.3 Å². The lowest BCUT2D eigenvalue weighted by Gasteiger charge is -2.37. The van der Waals surface area contributed by atoms with Gasteiger partial charge in [0.15, 0.2) is 0 Å². The number of rotatable bonds is 3. The second kappa shape index (κ2) is 5.35. The molecule has 88 valence electrons. The van der Waals surface area contributed by atoms with E-state index in [1.165, 1.54) is 37.1 Å². The molecule has 1 aromatic carbocycles. The molecule has 0 saturated carbocycles. The molecule has 1 heterocycles. The van der Waals surface area contributed by atoms with Crippen LogP contribution in [0, 0.1) is 6.92 Å². The molecule has 1 fully saturated rings. The summed E-state index contributed by atoms with van der Waals surface area (Å²) in [5.41, 5.74) is 8.39. The number of hydrogen-bond donors (Lipinski definition) is 1. The zero-order chi connectivity index (χ0) is 11.4. The molecule has 0 bridgehead atoms. The third kappa shape index (κ3) is 2.56. The zero-order valence-electron chi connectivity index (χ0n) is 10.2. The predicted octanol–water partition coefficient (Wildman–Crippen LogP) is 2.70. The van der Waals surface area contributed by atoms with Crippen molar-refractivity contribution in [2.75, 3.05) is 18.0 Å². The van der Waals surface area contributed by atoms with E-state index in [0.717, 1.165) is 13.0 Å². The van der Waals surface area contributed by atoms with E-state index >= 15 is 0 Å². The molecule has 2 heteroatoms. The smallest absolute Gasteiger partial charge is 0.0368 e. The highest BCUT2D eigenvalue weighted by atomic mass is 15.2. The Bertz CT molecular complexity index is 316. The monoisotopic (exact) mass is 218 g/mol. The Morgan fingerprint density at radius 3 is 2.69 bits per heavy atom. The summed E-state index contributed by atoms with van der Waals surface area (Å²) in [6.07, 6.45) is 5.08. The highest BCUT2D eigenvalue weighted by molar-refractivity contribution is 5.48. The van der Waals surface area contributed by atoms with Crippen LogP contribution in [-0.4, -0.2) is 19.1 Å². The lowest BCUT2D eigenvalue weighted by Crippen LogP contribution is -2.40. The number of nitrogens with zero attached hydrogens (tertiary/aromatic N) is 1. The average Bonchev–Trinajstić information content (AvgIpc) is 2.32. The minimum Gasteiger partial charge on any atom is -0.369 e. The Labute approximate surface area is 98.4 Å². The van der Waals surface area contributed by atoms with Crippen molar-refractivity contribution >= 4 is 5.69 Å². The van der Waals surface area contributed by atoms with Gasteiger partial charge in [0.25, 0.3) is 0 Å². The molecule has 0 amide bonds. The molecule has 2 N–H and O–H groups in total. The van der Waals surface area contributed by atoms with E-state index in [4.69, 9.17) is 5.73 Å². The van der Waals surface area contributed by atoms with E-state index in [-0.39, 0.29) is 0 Å². The maximum atomic E-state index is 5.70. The zero-order valence-corrected chi connectivity index (χ0v) is 10.2. The van der Waals surface area contributed by atoms with Gasteiger partial charge in [0, 0.05) is 18.3 Å². The molecule has 1 unspecified atom stereocenters. The summed E-state index contributed by atoms with van der Waals surface area (Å²) in [7, 11) is 0. The fraction of sp³-hybridized carbons (Fsp3) is 0.571. The van der Waals surface area contributed by atoms with Gasteiger partial charge in [-0.25, -0.2) is 0 Å². The maximum absolute atomic E-state index is 5.70. The standard InChI is InChI=1S/C14H22N2/c1-12-5-7-14(8-6-12)16-11-3-2-4-13(16)9-10-15/h5-8,13H,2-4,9-11,15H2,1H3. The van der Waals surface area contributed by atoms with Crippen molar-refractivity contribution < 1.29 is 0 Å². The Morgan fingerprint density at radius 2 is 2.00 bits per heavy atom. The first-order chi connectivity index (χ1) is 7.81. The second-order valence-corrected chi connectivity index (χ2v) is 4.76. The summed E-state index contributed by atoms with van der Waals surface area (Å²) in [4.78, 5) is 2.54. The molecule has 16 heavy (non-hydrogen) atoms. The van der Waals surface area contributed by atoms with E-state index in [2.05, 4.69) is 36.1 Å². The SMILES string of the molecule is Cc1ccc(N2CCCCC2CCN)cc1. The van der Waals surface area contributed by atoms with Crippen LogP contribution in [0.4, 0.5) is 5.69 Å². The van der Waals surface area contributed by atoms with Crippen LogP contribution in [-0.2, 0) is 0 Å². The molecule has 1 aromatic rings. The van der Waals surface area contributed by atoms with Crippen LogP contribution in [0.15, 0.2) is 24.3 Å². The molecule has 1 saturated heterocycles. The fourth-order valence-corrected chi connectivity index (χ4v) is 2.57. The Hall–Kier alpha value is -1.02. The van der Waals surface area contributed by atoms with Crippen LogP contribution in [0.5, 0.6) is 0 Å². The van der Waals surface area contributed by atoms with E-state index < -0.39 is 0 Å². The minimum absolute atomic E-state index is 0.654. The average molecular weight is 218 g/mol. The highest BCUT2D eigenvalue weighted by Gasteiger charge is 2.21. The van der Waals surface area contributed by atoms with Gasteiger partial charge in [-0.05, 0) is 51.3 Å². The van der Waals surface area contributed by atoms with Gasteiger partial charge in [-0.2, -0.15) is 0 Å². The molecule has 0 aromatic heterocycles. The Kier molecular flexibility index (Phi) is 3.83. The third-order valence-corrected chi connectivity index (χ3v) is 3.49. The number of hydrogen-bond acceptors (Lipinski definition) is 2.